The minimum Gasteiger partial charge on any atom is -0.354 e. The van der Waals surface area contributed by atoms with Crippen LogP contribution in [-0.4, -0.2) is 44.9 Å². The highest BCUT2D eigenvalue weighted by molar-refractivity contribution is 7.89. The lowest BCUT2D eigenvalue weighted by molar-refractivity contribution is -0.384. The van der Waals surface area contributed by atoms with E-state index in [-0.39, 0.29) is 35.5 Å². The summed E-state index contributed by atoms with van der Waals surface area (Å²) in [5.41, 5.74) is -0.186. The van der Waals surface area contributed by atoms with Crippen molar-refractivity contribution in [2.24, 2.45) is 0 Å². The van der Waals surface area contributed by atoms with Crippen LogP contribution in [0.5, 0.6) is 0 Å². The van der Waals surface area contributed by atoms with Gasteiger partial charge in [0.1, 0.15) is 0 Å². The number of non-ortho nitro benzene ring substituents is 1. The molecule has 0 radical (unpaired) electrons. The van der Waals surface area contributed by atoms with Crippen molar-refractivity contribution in [3.63, 3.8) is 0 Å². The Morgan fingerprint density at radius 1 is 1.33 bits per heavy atom. The molecule has 1 saturated heterocycles. The van der Waals surface area contributed by atoms with Gasteiger partial charge in [-0.05, 0) is 31.5 Å². The fourth-order valence-corrected chi connectivity index (χ4v) is 3.42. The van der Waals surface area contributed by atoms with E-state index in [1.165, 1.54) is 0 Å². The summed E-state index contributed by atoms with van der Waals surface area (Å²) in [5, 5.41) is 16.6. The van der Waals surface area contributed by atoms with Gasteiger partial charge in [-0.15, -0.1) is 0 Å². The van der Waals surface area contributed by atoms with Gasteiger partial charge in [-0.3, -0.25) is 14.9 Å². The zero-order valence-corrected chi connectivity index (χ0v) is 13.8. The van der Waals surface area contributed by atoms with Crippen molar-refractivity contribution in [2.45, 2.75) is 30.2 Å². The molecule has 1 aliphatic heterocycles. The van der Waals surface area contributed by atoms with E-state index in [0.29, 0.717) is 6.54 Å². The molecule has 1 aliphatic rings. The molecule has 0 bridgehead atoms. The fraction of sp³-hybridized carbons (Fsp3) is 0.500. The number of hydrogen-bond acceptors (Lipinski definition) is 6. The average molecular weight is 356 g/mol. The van der Waals surface area contributed by atoms with E-state index in [4.69, 9.17) is 0 Å². The summed E-state index contributed by atoms with van der Waals surface area (Å²) < 4.78 is 26.4. The maximum absolute atomic E-state index is 12.0. The van der Waals surface area contributed by atoms with Crippen molar-refractivity contribution in [2.75, 3.05) is 19.6 Å². The van der Waals surface area contributed by atoms with Crippen LogP contribution in [0, 0.1) is 10.1 Å². The van der Waals surface area contributed by atoms with E-state index in [1.54, 1.807) is 0 Å². The lowest BCUT2D eigenvalue weighted by Crippen LogP contribution is -2.38. The van der Waals surface area contributed by atoms with Crippen LogP contribution in [-0.2, 0) is 14.8 Å². The molecule has 1 amide bonds. The zero-order chi connectivity index (χ0) is 17.6. The summed E-state index contributed by atoms with van der Waals surface area (Å²) in [5.74, 6) is -0.227. The van der Waals surface area contributed by atoms with Gasteiger partial charge in [-0.25, -0.2) is 13.1 Å². The number of hydrogen-bond donors (Lipinski definition) is 3. The Bertz CT molecular complexity index is 684. The highest BCUT2D eigenvalue weighted by atomic mass is 32.2. The van der Waals surface area contributed by atoms with Gasteiger partial charge < -0.3 is 10.6 Å². The van der Waals surface area contributed by atoms with E-state index in [9.17, 15) is 23.3 Å². The van der Waals surface area contributed by atoms with E-state index in [0.717, 1.165) is 43.7 Å². The van der Waals surface area contributed by atoms with Gasteiger partial charge in [-0.2, -0.15) is 0 Å². The van der Waals surface area contributed by atoms with Crippen molar-refractivity contribution in [1.82, 2.24) is 15.4 Å². The number of nitrogens with zero attached hydrogens (tertiary/aromatic N) is 1. The number of nitro benzene ring substituents is 1. The number of amides is 1. The van der Waals surface area contributed by atoms with Gasteiger partial charge in [-0.1, -0.05) is 0 Å². The van der Waals surface area contributed by atoms with Crippen molar-refractivity contribution < 1.29 is 18.1 Å². The van der Waals surface area contributed by atoms with Crippen molar-refractivity contribution in [1.29, 1.82) is 0 Å². The summed E-state index contributed by atoms with van der Waals surface area (Å²) in [6.45, 7) is 1.45. The first kappa shape index (κ1) is 18.3. The molecule has 1 aromatic carbocycles. The van der Waals surface area contributed by atoms with Crippen molar-refractivity contribution in [3.05, 3.63) is 34.4 Å². The molecule has 0 aromatic heterocycles. The molecule has 132 valence electrons. The van der Waals surface area contributed by atoms with E-state index < -0.39 is 14.9 Å². The summed E-state index contributed by atoms with van der Waals surface area (Å²) >= 11 is 0. The van der Waals surface area contributed by atoms with Gasteiger partial charge in [0.15, 0.2) is 0 Å². The number of benzene rings is 1. The molecule has 0 spiro atoms. The fourth-order valence-electron chi connectivity index (χ4n) is 2.39. The number of carbonyl (C=O) groups is 1. The molecular formula is C14H20N4O5S. The zero-order valence-electron chi connectivity index (χ0n) is 13.0. The Kier molecular flexibility index (Phi) is 6.23. The quantitative estimate of drug-likeness (QED) is 0.448. The van der Waals surface area contributed by atoms with Crippen LogP contribution in [0.15, 0.2) is 29.2 Å². The normalized spacial score (nSPS) is 17.6. The van der Waals surface area contributed by atoms with Gasteiger partial charge >= 0.3 is 0 Å². The predicted molar refractivity (Wildman–Crippen MR) is 86.9 cm³/mol. The largest absolute Gasteiger partial charge is 0.354 e. The van der Waals surface area contributed by atoms with Crippen LogP contribution >= 0.6 is 0 Å². The number of nitro groups is 1. The van der Waals surface area contributed by atoms with Gasteiger partial charge in [0, 0.05) is 37.7 Å². The van der Waals surface area contributed by atoms with Crippen LogP contribution in [0.25, 0.3) is 0 Å². The third kappa shape index (κ3) is 5.25. The third-order valence-electron chi connectivity index (χ3n) is 3.71. The Hall–Kier alpha value is -2.04. The first-order valence-electron chi connectivity index (χ1n) is 7.63. The smallest absolute Gasteiger partial charge is 0.269 e. The first-order chi connectivity index (χ1) is 11.4. The lowest BCUT2D eigenvalue weighted by Gasteiger charge is -2.11. The molecule has 0 aliphatic carbocycles. The van der Waals surface area contributed by atoms with E-state index in [2.05, 4.69) is 15.4 Å². The molecule has 24 heavy (non-hydrogen) atoms. The van der Waals surface area contributed by atoms with Crippen molar-refractivity contribution >= 4 is 21.6 Å². The minimum absolute atomic E-state index is 0.0267. The Morgan fingerprint density at radius 2 is 2.04 bits per heavy atom. The molecule has 1 atom stereocenters. The molecule has 9 nitrogen and oxygen atoms in total. The standard InChI is InChI=1S/C14H20N4O5S/c19-14(16-10-11-2-1-8-15-11)7-9-17-24(22,23)13-5-3-12(4-6-13)18(20)21/h3-6,11,15,17H,1-2,7-10H2,(H,16,19). The molecule has 1 fully saturated rings. The van der Waals surface area contributed by atoms with Gasteiger partial charge in [0.2, 0.25) is 15.9 Å². The van der Waals surface area contributed by atoms with Crippen LogP contribution in [0.3, 0.4) is 0 Å². The number of sulfonamides is 1. The Labute approximate surface area is 140 Å². The molecule has 1 aromatic rings. The molecule has 2 rings (SSSR count). The maximum Gasteiger partial charge on any atom is 0.269 e. The summed E-state index contributed by atoms with van der Waals surface area (Å²) in [7, 11) is -3.79. The topological polar surface area (TPSA) is 130 Å². The maximum atomic E-state index is 12.0. The molecule has 10 heteroatoms. The molecule has 1 heterocycles. The molecule has 1 unspecified atom stereocenters. The highest BCUT2D eigenvalue weighted by Gasteiger charge is 2.17. The highest BCUT2D eigenvalue weighted by Crippen LogP contribution is 2.15. The van der Waals surface area contributed by atoms with Gasteiger partial charge in [0.25, 0.3) is 5.69 Å². The Balaban J connectivity index is 1.77. The SMILES string of the molecule is O=C(CCNS(=O)(=O)c1ccc([N+](=O)[O-])cc1)NCC1CCCN1. The second kappa shape index (κ2) is 8.18. The molecule has 3 N–H and O–H groups in total. The summed E-state index contributed by atoms with van der Waals surface area (Å²) in [4.78, 5) is 21.6. The first-order valence-corrected chi connectivity index (χ1v) is 9.11. The van der Waals surface area contributed by atoms with Crippen LogP contribution in [0.4, 0.5) is 5.69 Å². The summed E-state index contributed by atoms with van der Waals surface area (Å²) in [6.07, 6.45) is 2.14. The van der Waals surface area contributed by atoms with Crippen LogP contribution in [0.1, 0.15) is 19.3 Å². The minimum atomic E-state index is -3.79. The average Bonchev–Trinajstić information content (AvgIpc) is 3.06. The third-order valence-corrected chi connectivity index (χ3v) is 5.19. The summed E-state index contributed by atoms with van der Waals surface area (Å²) in [6, 6.07) is 4.84. The monoisotopic (exact) mass is 356 g/mol. The number of nitrogens with one attached hydrogen (secondary N) is 3. The second-order valence-corrected chi connectivity index (χ2v) is 7.26. The van der Waals surface area contributed by atoms with E-state index >= 15 is 0 Å². The van der Waals surface area contributed by atoms with Crippen molar-refractivity contribution in [3.8, 4) is 0 Å². The Morgan fingerprint density at radius 3 is 2.62 bits per heavy atom. The van der Waals surface area contributed by atoms with Crippen LogP contribution in [0.2, 0.25) is 0 Å². The lowest BCUT2D eigenvalue weighted by atomic mass is 10.2. The number of carbonyl (C=O) groups excluding carboxylic acids is 1. The molecular weight excluding hydrogens is 336 g/mol. The van der Waals surface area contributed by atoms with E-state index in [1.807, 2.05) is 0 Å². The number of rotatable bonds is 8. The molecule has 0 saturated carbocycles. The van der Waals surface area contributed by atoms with Gasteiger partial charge in [0.05, 0.1) is 9.82 Å². The predicted octanol–water partition coefficient (Wildman–Crippen LogP) is 0.131. The van der Waals surface area contributed by atoms with Crippen LogP contribution < -0.4 is 15.4 Å². The second-order valence-electron chi connectivity index (χ2n) is 5.50.